The number of hydrogen-bond donors (Lipinski definition) is 1. The Hall–Kier alpha value is -1.77. The highest BCUT2D eigenvalue weighted by Gasteiger charge is 2.08. The summed E-state index contributed by atoms with van der Waals surface area (Å²) in [7, 11) is 1.41. The lowest BCUT2D eigenvalue weighted by molar-refractivity contribution is -0.139. The average molecular weight is 261 g/mol. The molecule has 3 heteroatoms. The van der Waals surface area contributed by atoms with Gasteiger partial charge in [-0.25, -0.2) is 0 Å². The Morgan fingerprint density at radius 2 is 1.95 bits per heavy atom. The molecule has 1 heterocycles. The lowest BCUT2D eigenvalue weighted by atomic mass is 10.1. The second-order valence-electron chi connectivity index (χ2n) is 5.35. The lowest BCUT2D eigenvalue weighted by Crippen LogP contribution is -2.03. The van der Waals surface area contributed by atoms with Gasteiger partial charge in [-0.2, -0.15) is 0 Å². The summed E-state index contributed by atoms with van der Waals surface area (Å²) in [5.74, 6) is 0.623. The van der Waals surface area contributed by atoms with Crippen molar-refractivity contribution in [2.45, 2.75) is 34.1 Å². The number of ether oxygens (including phenoxy) is 1. The van der Waals surface area contributed by atoms with E-state index in [1.54, 1.807) is 0 Å². The van der Waals surface area contributed by atoms with Gasteiger partial charge in [0.15, 0.2) is 0 Å². The Labute approximate surface area is 115 Å². The molecule has 19 heavy (non-hydrogen) atoms. The molecular weight excluding hydrogens is 238 g/mol. The largest absolute Gasteiger partial charge is 0.469 e. The van der Waals surface area contributed by atoms with Crippen molar-refractivity contribution in [2.75, 3.05) is 7.11 Å². The smallest absolute Gasteiger partial charge is 0.310 e. The molecule has 2 rings (SSSR count). The average Bonchev–Trinajstić information content (AvgIpc) is 2.71. The maximum Gasteiger partial charge on any atom is 0.310 e. The van der Waals surface area contributed by atoms with Gasteiger partial charge in [-0.3, -0.25) is 4.79 Å². The summed E-state index contributed by atoms with van der Waals surface area (Å²) in [6.07, 6.45) is 2.18. The van der Waals surface area contributed by atoms with Crippen molar-refractivity contribution >= 4 is 16.9 Å². The summed E-state index contributed by atoms with van der Waals surface area (Å²) >= 11 is 0. The van der Waals surface area contributed by atoms with Crippen molar-refractivity contribution < 1.29 is 9.53 Å². The molecule has 0 amide bonds. The summed E-state index contributed by atoms with van der Waals surface area (Å²) in [5, 5.41) is 1.10. The second-order valence-corrected chi connectivity index (χ2v) is 5.35. The van der Waals surface area contributed by atoms with E-state index in [0.29, 0.717) is 6.42 Å². The number of methoxy groups -OCH3 is 1. The van der Waals surface area contributed by atoms with Crippen molar-refractivity contribution in [1.29, 1.82) is 0 Å². The Bertz CT molecular complexity index is 538. The highest BCUT2D eigenvalue weighted by Crippen LogP contribution is 2.20. The number of rotatable bonds is 2. The van der Waals surface area contributed by atoms with Crippen LogP contribution in [-0.4, -0.2) is 18.1 Å². The van der Waals surface area contributed by atoms with Crippen LogP contribution in [0.3, 0.4) is 0 Å². The molecular formula is C16H23NO2. The predicted molar refractivity (Wildman–Crippen MR) is 79.3 cm³/mol. The SMILES string of the molecule is CC(C)C.COC(=O)Cc1c[nH]c2ccc(C)cc12. The molecule has 3 nitrogen and oxygen atoms in total. The molecule has 1 N–H and O–H groups in total. The van der Waals surface area contributed by atoms with Crippen molar-refractivity contribution in [2.24, 2.45) is 5.92 Å². The van der Waals surface area contributed by atoms with Crippen LogP contribution in [0, 0.1) is 12.8 Å². The van der Waals surface area contributed by atoms with E-state index in [4.69, 9.17) is 0 Å². The van der Waals surface area contributed by atoms with E-state index >= 15 is 0 Å². The number of benzene rings is 1. The van der Waals surface area contributed by atoms with Gasteiger partial charge in [0, 0.05) is 17.1 Å². The molecule has 0 radical (unpaired) electrons. The molecule has 0 bridgehead atoms. The molecule has 0 aliphatic carbocycles. The number of carbonyl (C=O) groups excluding carboxylic acids is 1. The van der Waals surface area contributed by atoms with E-state index in [-0.39, 0.29) is 5.97 Å². The fourth-order valence-corrected chi connectivity index (χ4v) is 1.67. The third-order valence-corrected chi connectivity index (χ3v) is 2.49. The Balaban J connectivity index is 0.000000399. The van der Waals surface area contributed by atoms with Crippen LogP contribution in [0.5, 0.6) is 0 Å². The molecule has 0 fully saturated rings. The number of aryl methyl sites for hydroxylation is 1. The van der Waals surface area contributed by atoms with Gasteiger partial charge in [-0.15, -0.1) is 0 Å². The molecule has 0 unspecified atom stereocenters. The quantitative estimate of drug-likeness (QED) is 0.834. The van der Waals surface area contributed by atoms with Crippen molar-refractivity contribution in [3.63, 3.8) is 0 Å². The van der Waals surface area contributed by atoms with Crippen LogP contribution in [0.4, 0.5) is 0 Å². The maximum absolute atomic E-state index is 11.2. The Kier molecular flexibility index (Phi) is 5.61. The summed E-state index contributed by atoms with van der Waals surface area (Å²) in [5.41, 5.74) is 3.23. The summed E-state index contributed by atoms with van der Waals surface area (Å²) in [6, 6.07) is 6.14. The van der Waals surface area contributed by atoms with Gasteiger partial charge in [0.05, 0.1) is 13.5 Å². The van der Waals surface area contributed by atoms with E-state index < -0.39 is 0 Å². The first kappa shape index (κ1) is 15.3. The van der Waals surface area contributed by atoms with Crippen LogP contribution in [-0.2, 0) is 16.0 Å². The standard InChI is InChI=1S/C12H13NO2.C4H10/c1-8-3-4-11-10(5-8)9(7-13-11)6-12(14)15-2;1-4(2)3/h3-5,7,13H,6H2,1-2H3;4H,1-3H3. The predicted octanol–water partition coefficient (Wildman–Crippen LogP) is 3.85. The number of aromatic amines is 1. The number of carbonyl (C=O) groups is 1. The molecule has 2 aromatic rings. The normalized spacial score (nSPS) is 10.2. The zero-order chi connectivity index (χ0) is 14.4. The van der Waals surface area contributed by atoms with Crippen LogP contribution in [0.2, 0.25) is 0 Å². The van der Waals surface area contributed by atoms with Crippen LogP contribution in [0.1, 0.15) is 31.9 Å². The minimum absolute atomic E-state index is 0.211. The van der Waals surface area contributed by atoms with Gasteiger partial charge in [-0.1, -0.05) is 32.4 Å². The molecule has 0 aliphatic heterocycles. The molecule has 0 saturated heterocycles. The molecule has 1 aromatic heterocycles. The number of aromatic nitrogens is 1. The first-order valence-electron chi connectivity index (χ1n) is 6.57. The Morgan fingerprint density at radius 3 is 2.53 bits per heavy atom. The van der Waals surface area contributed by atoms with Crippen LogP contribution in [0.15, 0.2) is 24.4 Å². The minimum Gasteiger partial charge on any atom is -0.469 e. The van der Waals surface area contributed by atoms with Crippen molar-refractivity contribution in [3.05, 3.63) is 35.5 Å². The molecule has 0 atom stereocenters. The lowest BCUT2D eigenvalue weighted by Gasteiger charge is -1.98. The fourth-order valence-electron chi connectivity index (χ4n) is 1.67. The van der Waals surface area contributed by atoms with Gasteiger partial charge in [0.1, 0.15) is 0 Å². The van der Waals surface area contributed by atoms with Crippen molar-refractivity contribution in [3.8, 4) is 0 Å². The van der Waals surface area contributed by atoms with E-state index in [9.17, 15) is 4.79 Å². The van der Waals surface area contributed by atoms with Crippen LogP contribution >= 0.6 is 0 Å². The molecule has 104 valence electrons. The molecule has 0 aliphatic rings. The third-order valence-electron chi connectivity index (χ3n) is 2.49. The summed E-state index contributed by atoms with van der Waals surface area (Å²) < 4.78 is 4.65. The topological polar surface area (TPSA) is 42.1 Å². The first-order chi connectivity index (χ1) is 8.93. The molecule has 0 saturated carbocycles. The monoisotopic (exact) mass is 261 g/mol. The van der Waals surface area contributed by atoms with Crippen LogP contribution < -0.4 is 0 Å². The van der Waals surface area contributed by atoms with E-state index in [1.165, 1.54) is 12.7 Å². The molecule has 1 aromatic carbocycles. The maximum atomic E-state index is 11.2. The van der Waals surface area contributed by atoms with Gasteiger partial charge in [-0.05, 0) is 30.5 Å². The van der Waals surface area contributed by atoms with Crippen LogP contribution in [0.25, 0.3) is 10.9 Å². The van der Waals surface area contributed by atoms with Crippen molar-refractivity contribution in [1.82, 2.24) is 4.98 Å². The Morgan fingerprint density at radius 1 is 1.32 bits per heavy atom. The minimum atomic E-state index is -0.211. The van der Waals surface area contributed by atoms with E-state index in [2.05, 4.69) is 36.6 Å². The summed E-state index contributed by atoms with van der Waals surface area (Å²) in [4.78, 5) is 14.3. The second kappa shape index (κ2) is 6.98. The first-order valence-corrected chi connectivity index (χ1v) is 6.57. The number of esters is 1. The zero-order valence-corrected chi connectivity index (χ0v) is 12.4. The number of fused-ring (bicyclic) bond motifs is 1. The van der Waals surface area contributed by atoms with Gasteiger partial charge < -0.3 is 9.72 Å². The number of H-pyrrole nitrogens is 1. The number of hydrogen-bond acceptors (Lipinski definition) is 2. The highest BCUT2D eigenvalue weighted by molar-refractivity contribution is 5.87. The van der Waals surface area contributed by atoms with Gasteiger partial charge >= 0.3 is 5.97 Å². The molecule has 0 spiro atoms. The fraction of sp³-hybridized carbons (Fsp3) is 0.438. The summed E-state index contributed by atoms with van der Waals surface area (Å²) in [6.45, 7) is 8.54. The van der Waals surface area contributed by atoms with Gasteiger partial charge in [0.2, 0.25) is 0 Å². The van der Waals surface area contributed by atoms with Gasteiger partial charge in [0.25, 0.3) is 0 Å². The zero-order valence-electron chi connectivity index (χ0n) is 12.4. The highest BCUT2D eigenvalue weighted by atomic mass is 16.5. The van der Waals surface area contributed by atoms with E-state index in [1.807, 2.05) is 25.3 Å². The third kappa shape index (κ3) is 4.78. The number of nitrogens with one attached hydrogen (secondary N) is 1. The van der Waals surface area contributed by atoms with E-state index in [0.717, 1.165) is 22.4 Å².